The predicted octanol–water partition coefficient (Wildman–Crippen LogP) is 2.85. The number of rotatable bonds is 9. The number of ketones is 1. The minimum atomic E-state index is -0.0928. The van der Waals surface area contributed by atoms with Gasteiger partial charge in [-0.1, -0.05) is 11.6 Å². The molecule has 0 radical (unpaired) electrons. The molecule has 1 rings (SSSR count). The Morgan fingerprint density at radius 1 is 1.15 bits per heavy atom. The molecule has 0 unspecified atom stereocenters. The number of methoxy groups -OCH3 is 1. The number of hydrogen-bond acceptors (Lipinski definition) is 3. The lowest BCUT2D eigenvalue weighted by atomic mass is 10.1. The second-order valence-corrected chi connectivity index (χ2v) is 4.92. The van der Waals surface area contributed by atoms with Crippen LogP contribution in [0.25, 0.3) is 0 Å². The topological polar surface area (TPSA) is 55.4 Å². The first-order valence-corrected chi connectivity index (χ1v) is 7.05. The van der Waals surface area contributed by atoms with Gasteiger partial charge < -0.3 is 10.1 Å². The average Bonchev–Trinajstić information content (AvgIpc) is 2.45. The number of carbonyl (C=O) groups excluding carboxylic acids is 2. The summed E-state index contributed by atoms with van der Waals surface area (Å²) >= 11 is 5.75. The summed E-state index contributed by atoms with van der Waals surface area (Å²) in [6.45, 7) is 1.32. The number of hydrogen-bond donors (Lipinski definition) is 1. The number of ether oxygens (including phenoxy) is 1. The van der Waals surface area contributed by atoms with Crippen molar-refractivity contribution in [2.45, 2.75) is 25.7 Å². The van der Waals surface area contributed by atoms with Crippen LogP contribution in [0.4, 0.5) is 0 Å². The van der Waals surface area contributed by atoms with Gasteiger partial charge in [-0.2, -0.15) is 0 Å². The SMILES string of the molecule is COCCCCNC(=O)CCC(=O)c1ccc(Cl)cc1. The molecular formula is C15H20ClNO3. The number of halogens is 1. The van der Waals surface area contributed by atoms with E-state index in [0.717, 1.165) is 12.8 Å². The zero-order valence-corrected chi connectivity index (χ0v) is 12.4. The fraction of sp³-hybridized carbons (Fsp3) is 0.467. The Morgan fingerprint density at radius 2 is 1.85 bits per heavy atom. The molecule has 0 aliphatic carbocycles. The Balaban J connectivity index is 2.20. The van der Waals surface area contributed by atoms with Gasteiger partial charge in [-0.15, -0.1) is 0 Å². The number of benzene rings is 1. The molecule has 0 aromatic heterocycles. The number of carbonyl (C=O) groups is 2. The zero-order chi connectivity index (χ0) is 14.8. The highest BCUT2D eigenvalue weighted by Gasteiger charge is 2.08. The molecule has 0 atom stereocenters. The van der Waals surface area contributed by atoms with Crippen molar-refractivity contribution in [1.82, 2.24) is 5.32 Å². The Bertz CT molecular complexity index is 431. The van der Waals surface area contributed by atoms with Crippen LogP contribution >= 0.6 is 11.6 Å². The van der Waals surface area contributed by atoms with E-state index in [2.05, 4.69) is 5.32 Å². The lowest BCUT2D eigenvalue weighted by molar-refractivity contribution is -0.121. The van der Waals surface area contributed by atoms with E-state index in [1.165, 1.54) is 0 Å². The van der Waals surface area contributed by atoms with Crippen LogP contribution in [-0.4, -0.2) is 32.0 Å². The van der Waals surface area contributed by atoms with Crippen LogP contribution < -0.4 is 5.32 Å². The fourth-order valence-electron chi connectivity index (χ4n) is 1.69. The summed E-state index contributed by atoms with van der Waals surface area (Å²) in [7, 11) is 1.65. The van der Waals surface area contributed by atoms with Crippen molar-refractivity contribution in [3.63, 3.8) is 0 Å². The highest BCUT2D eigenvalue weighted by molar-refractivity contribution is 6.30. The maximum atomic E-state index is 11.8. The Morgan fingerprint density at radius 3 is 2.50 bits per heavy atom. The van der Waals surface area contributed by atoms with Crippen LogP contribution in [0.2, 0.25) is 5.02 Å². The molecule has 0 spiro atoms. The third-order valence-electron chi connectivity index (χ3n) is 2.84. The number of unbranched alkanes of at least 4 members (excludes halogenated alkanes) is 1. The average molecular weight is 298 g/mol. The Hall–Kier alpha value is -1.39. The predicted molar refractivity (Wildman–Crippen MR) is 79.1 cm³/mol. The first-order valence-electron chi connectivity index (χ1n) is 6.68. The van der Waals surface area contributed by atoms with Gasteiger partial charge in [0, 0.05) is 43.7 Å². The van der Waals surface area contributed by atoms with Crippen molar-refractivity contribution in [1.29, 1.82) is 0 Å². The van der Waals surface area contributed by atoms with Gasteiger partial charge in [0.05, 0.1) is 0 Å². The zero-order valence-electron chi connectivity index (χ0n) is 11.7. The van der Waals surface area contributed by atoms with Crippen LogP contribution in [0.5, 0.6) is 0 Å². The van der Waals surface area contributed by atoms with E-state index in [1.807, 2.05) is 0 Å². The smallest absolute Gasteiger partial charge is 0.220 e. The van der Waals surface area contributed by atoms with E-state index in [0.29, 0.717) is 23.7 Å². The summed E-state index contributed by atoms with van der Waals surface area (Å²) in [4.78, 5) is 23.4. The number of Topliss-reactive ketones (excluding diaryl/α,β-unsaturated/α-hetero) is 1. The van der Waals surface area contributed by atoms with Gasteiger partial charge in [-0.3, -0.25) is 9.59 Å². The highest BCUT2D eigenvalue weighted by atomic mass is 35.5. The lowest BCUT2D eigenvalue weighted by Gasteiger charge is -2.05. The van der Waals surface area contributed by atoms with Gasteiger partial charge in [0.2, 0.25) is 5.91 Å². The van der Waals surface area contributed by atoms with E-state index in [4.69, 9.17) is 16.3 Å². The molecule has 20 heavy (non-hydrogen) atoms. The first kappa shape index (κ1) is 16.7. The fourth-order valence-corrected chi connectivity index (χ4v) is 1.82. The Kier molecular flexibility index (Phi) is 7.92. The summed E-state index contributed by atoms with van der Waals surface area (Å²) < 4.78 is 4.92. The monoisotopic (exact) mass is 297 g/mol. The van der Waals surface area contributed by atoms with Crippen molar-refractivity contribution in [2.24, 2.45) is 0 Å². The van der Waals surface area contributed by atoms with Crippen LogP contribution in [0.3, 0.4) is 0 Å². The van der Waals surface area contributed by atoms with Gasteiger partial charge in [-0.05, 0) is 37.1 Å². The van der Waals surface area contributed by atoms with Crippen LogP contribution in [0, 0.1) is 0 Å². The van der Waals surface area contributed by atoms with Crippen molar-refractivity contribution in [3.05, 3.63) is 34.9 Å². The van der Waals surface area contributed by atoms with Gasteiger partial charge in [0.15, 0.2) is 5.78 Å². The summed E-state index contributed by atoms with van der Waals surface area (Å²) in [6, 6.07) is 6.69. The molecule has 0 aliphatic heterocycles. The largest absolute Gasteiger partial charge is 0.385 e. The van der Waals surface area contributed by atoms with Crippen molar-refractivity contribution in [3.8, 4) is 0 Å². The molecule has 0 aliphatic rings. The van der Waals surface area contributed by atoms with Crippen molar-refractivity contribution < 1.29 is 14.3 Å². The third kappa shape index (κ3) is 6.68. The van der Waals surface area contributed by atoms with Gasteiger partial charge >= 0.3 is 0 Å². The lowest BCUT2D eigenvalue weighted by Crippen LogP contribution is -2.25. The molecule has 4 nitrogen and oxygen atoms in total. The van der Waals surface area contributed by atoms with Gasteiger partial charge in [0.1, 0.15) is 0 Å². The highest BCUT2D eigenvalue weighted by Crippen LogP contribution is 2.11. The summed E-state index contributed by atoms with van der Waals surface area (Å²) in [6.07, 6.45) is 2.22. The van der Waals surface area contributed by atoms with E-state index >= 15 is 0 Å². The second kappa shape index (κ2) is 9.50. The van der Waals surface area contributed by atoms with E-state index in [9.17, 15) is 9.59 Å². The minimum Gasteiger partial charge on any atom is -0.385 e. The van der Waals surface area contributed by atoms with E-state index in [-0.39, 0.29) is 24.5 Å². The molecular weight excluding hydrogens is 278 g/mol. The molecule has 1 aromatic carbocycles. The van der Waals surface area contributed by atoms with Crippen LogP contribution in [0.15, 0.2) is 24.3 Å². The van der Waals surface area contributed by atoms with E-state index < -0.39 is 0 Å². The van der Waals surface area contributed by atoms with E-state index in [1.54, 1.807) is 31.4 Å². The quantitative estimate of drug-likeness (QED) is 0.563. The summed E-state index contributed by atoms with van der Waals surface area (Å²) in [5.74, 6) is -0.138. The molecule has 5 heteroatoms. The number of nitrogens with one attached hydrogen (secondary N) is 1. The standard InChI is InChI=1S/C15H20ClNO3/c1-20-11-3-2-10-17-15(19)9-8-14(18)12-4-6-13(16)7-5-12/h4-7H,2-3,8-11H2,1H3,(H,17,19). The molecule has 110 valence electrons. The maximum Gasteiger partial charge on any atom is 0.220 e. The van der Waals surface area contributed by atoms with Crippen LogP contribution in [0.1, 0.15) is 36.0 Å². The maximum absolute atomic E-state index is 11.8. The molecule has 1 aromatic rings. The normalized spacial score (nSPS) is 10.3. The molecule has 0 fully saturated rings. The molecule has 0 bridgehead atoms. The molecule has 1 amide bonds. The van der Waals surface area contributed by atoms with Gasteiger partial charge in [-0.25, -0.2) is 0 Å². The summed E-state index contributed by atoms with van der Waals surface area (Å²) in [5.41, 5.74) is 0.585. The third-order valence-corrected chi connectivity index (χ3v) is 3.09. The van der Waals surface area contributed by atoms with Crippen molar-refractivity contribution in [2.75, 3.05) is 20.3 Å². The molecule has 0 heterocycles. The van der Waals surface area contributed by atoms with Gasteiger partial charge in [0.25, 0.3) is 0 Å². The molecule has 0 saturated carbocycles. The first-order chi connectivity index (χ1) is 9.63. The second-order valence-electron chi connectivity index (χ2n) is 4.48. The van der Waals surface area contributed by atoms with Crippen molar-refractivity contribution >= 4 is 23.3 Å². The summed E-state index contributed by atoms with van der Waals surface area (Å²) in [5, 5.41) is 3.38. The minimum absolute atomic E-state index is 0.0452. The molecule has 1 N–H and O–H groups in total. The Labute approximate surface area is 124 Å². The molecule has 0 saturated heterocycles. The van der Waals surface area contributed by atoms with Crippen LogP contribution in [-0.2, 0) is 9.53 Å². The number of amides is 1.